The molecule has 0 saturated heterocycles. The van der Waals surface area contributed by atoms with E-state index in [0.29, 0.717) is 17.3 Å². The van der Waals surface area contributed by atoms with Crippen molar-refractivity contribution in [1.29, 1.82) is 0 Å². The van der Waals surface area contributed by atoms with E-state index in [1.54, 1.807) is 20.3 Å². The quantitative estimate of drug-likeness (QED) is 0.871. The summed E-state index contributed by atoms with van der Waals surface area (Å²) in [6, 6.07) is 7.28. The summed E-state index contributed by atoms with van der Waals surface area (Å²) in [4.78, 5) is 8.01. The second kappa shape index (κ2) is 4.69. The van der Waals surface area contributed by atoms with E-state index in [2.05, 4.69) is 9.97 Å². The zero-order valence-corrected chi connectivity index (χ0v) is 9.68. The van der Waals surface area contributed by atoms with Gasteiger partial charge in [-0.1, -0.05) is 0 Å². The minimum Gasteiger partial charge on any atom is -0.493 e. The number of nitrogen functional groups attached to an aromatic ring is 1. The topological polar surface area (TPSA) is 70.3 Å². The summed E-state index contributed by atoms with van der Waals surface area (Å²) >= 11 is 0. The first kappa shape index (κ1) is 11.2. The Labute approximate surface area is 99.2 Å². The zero-order valence-electron chi connectivity index (χ0n) is 9.68. The molecular formula is C12H13N3O2. The molecule has 0 spiro atoms. The smallest absolute Gasteiger partial charge is 0.161 e. The Morgan fingerprint density at radius 2 is 1.76 bits per heavy atom. The van der Waals surface area contributed by atoms with Crippen LogP contribution in [0.25, 0.3) is 11.3 Å². The van der Waals surface area contributed by atoms with E-state index in [-0.39, 0.29) is 0 Å². The van der Waals surface area contributed by atoms with Crippen LogP contribution in [-0.2, 0) is 0 Å². The van der Waals surface area contributed by atoms with Gasteiger partial charge in [0.1, 0.15) is 12.1 Å². The minimum atomic E-state index is 0.435. The van der Waals surface area contributed by atoms with E-state index in [9.17, 15) is 0 Å². The number of aromatic nitrogens is 2. The number of benzene rings is 1. The van der Waals surface area contributed by atoms with Crippen molar-refractivity contribution in [1.82, 2.24) is 9.97 Å². The molecule has 0 radical (unpaired) electrons. The second-order valence-electron chi connectivity index (χ2n) is 3.40. The molecule has 0 aliphatic rings. The summed E-state index contributed by atoms with van der Waals surface area (Å²) < 4.78 is 10.4. The van der Waals surface area contributed by atoms with Gasteiger partial charge in [0.25, 0.3) is 0 Å². The maximum Gasteiger partial charge on any atom is 0.161 e. The van der Waals surface area contributed by atoms with Crippen LogP contribution < -0.4 is 15.2 Å². The van der Waals surface area contributed by atoms with Crippen LogP contribution in [-0.4, -0.2) is 24.2 Å². The van der Waals surface area contributed by atoms with Crippen molar-refractivity contribution in [3.63, 3.8) is 0 Å². The lowest BCUT2D eigenvalue weighted by Gasteiger charge is -2.09. The molecule has 0 fully saturated rings. The standard InChI is InChI=1S/C12H13N3O2/c1-16-10-4-3-8(5-11(10)17-2)9-6-12(13)15-7-14-9/h3-7H,1-2H3,(H2,13,14,15). The highest BCUT2D eigenvalue weighted by atomic mass is 16.5. The second-order valence-corrected chi connectivity index (χ2v) is 3.40. The molecule has 1 aromatic heterocycles. The molecule has 0 amide bonds. The van der Waals surface area contributed by atoms with Crippen molar-refractivity contribution in [3.05, 3.63) is 30.6 Å². The van der Waals surface area contributed by atoms with Gasteiger partial charge in [-0.15, -0.1) is 0 Å². The molecule has 88 valence electrons. The summed E-state index contributed by atoms with van der Waals surface area (Å²) in [6.07, 6.45) is 1.43. The van der Waals surface area contributed by atoms with Crippen molar-refractivity contribution in [2.24, 2.45) is 0 Å². The van der Waals surface area contributed by atoms with Gasteiger partial charge in [-0.2, -0.15) is 0 Å². The molecule has 0 aliphatic carbocycles. The van der Waals surface area contributed by atoms with Gasteiger partial charge in [0.2, 0.25) is 0 Å². The molecular weight excluding hydrogens is 218 g/mol. The summed E-state index contributed by atoms with van der Waals surface area (Å²) in [5.74, 6) is 1.77. The molecule has 0 bridgehead atoms. The third-order valence-electron chi connectivity index (χ3n) is 2.37. The maximum absolute atomic E-state index is 5.62. The Morgan fingerprint density at radius 3 is 2.41 bits per heavy atom. The molecule has 5 nitrogen and oxygen atoms in total. The lowest BCUT2D eigenvalue weighted by Crippen LogP contribution is -1.94. The number of nitrogens with zero attached hydrogens (tertiary/aromatic N) is 2. The molecule has 0 atom stereocenters. The van der Waals surface area contributed by atoms with E-state index >= 15 is 0 Å². The average Bonchev–Trinajstić information content (AvgIpc) is 2.38. The lowest BCUT2D eigenvalue weighted by atomic mass is 10.1. The van der Waals surface area contributed by atoms with E-state index in [4.69, 9.17) is 15.2 Å². The SMILES string of the molecule is COc1ccc(-c2cc(N)ncn2)cc1OC. The van der Waals surface area contributed by atoms with E-state index in [0.717, 1.165) is 11.3 Å². The Balaban J connectivity index is 2.46. The molecule has 1 heterocycles. The fourth-order valence-electron chi connectivity index (χ4n) is 1.53. The Morgan fingerprint density at radius 1 is 1.00 bits per heavy atom. The summed E-state index contributed by atoms with van der Waals surface area (Å²) in [5, 5.41) is 0. The number of ether oxygens (including phenoxy) is 2. The van der Waals surface area contributed by atoms with Crippen LogP contribution in [0.5, 0.6) is 11.5 Å². The van der Waals surface area contributed by atoms with Crippen molar-refractivity contribution in [3.8, 4) is 22.8 Å². The number of hydrogen-bond donors (Lipinski definition) is 1. The van der Waals surface area contributed by atoms with E-state index in [1.807, 2.05) is 18.2 Å². The molecule has 0 aliphatic heterocycles. The molecule has 1 aromatic carbocycles. The van der Waals surface area contributed by atoms with Crippen LogP contribution in [0, 0.1) is 0 Å². The first-order chi connectivity index (χ1) is 8.24. The molecule has 5 heteroatoms. The Bertz CT molecular complexity index is 529. The fourth-order valence-corrected chi connectivity index (χ4v) is 1.53. The summed E-state index contributed by atoms with van der Waals surface area (Å²) in [5.41, 5.74) is 7.26. The van der Waals surface area contributed by atoms with Crippen molar-refractivity contribution in [2.45, 2.75) is 0 Å². The van der Waals surface area contributed by atoms with Crippen LogP contribution in [0.1, 0.15) is 0 Å². The number of anilines is 1. The monoisotopic (exact) mass is 231 g/mol. The van der Waals surface area contributed by atoms with Crippen LogP contribution in [0.4, 0.5) is 5.82 Å². The predicted molar refractivity (Wildman–Crippen MR) is 65.0 cm³/mol. The van der Waals surface area contributed by atoms with Crippen LogP contribution in [0.15, 0.2) is 30.6 Å². The van der Waals surface area contributed by atoms with Crippen molar-refractivity contribution in [2.75, 3.05) is 20.0 Å². The lowest BCUT2D eigenvalue weighted by molar-refractivity contribution is 0.355. The minimum absolute atomic E-state index is 0.435. The molecule has 2 aromatic rings. The highest BCUT2D eigenvalue weighted by Gasteiger charge is 2.07. The van der Waals surface area contributed by atoms with Gasteiger partial charge < -0.3 is 15.2 Å². The molecule has 17 heavy (non-hydrogen) atoms. The Kier molecular flexibility index (Phi) is 3.09. The maximum atomic E-state index is 5.62. The molecule has 0 saturated carbocycles. The van der Waals surface area contributed by atoms with Gasteiger partial charge in [-0.3, -0.25) is 0 Å². The van der Waals surface area contributed by atoms with Crippen LogP contribution in [0.3, 0.4) is 0 Å². The van der Waals surface area contributed by atoms with Crippen LogP contribution in [0.2, 0.25) is 0 Å². The first-order valence-electron chi connectivity index (χ1n) is 5.04. The Hall–Kier alpha value is -2.30. The number of nitrogens with two attached hydrogens (primary N) is 1. The molecule has 2 N–H and O–H groups in total. The fraction of sp³-hybridized carbons (Fsp3) is 0.167. The van der Waals surface area contributed by atoms with Gasteiger partial charge in [0.05, 0.1) is 19.9 Å². The highest BCUT2D eigenvalue weighted by Crippen LogP contribution is 2.31. The normalized spacial score (nSPS) is 10.0. The number of hydrogen-bond acceptors (Lipinski definition) is 5. The van der Waals surface area contributed by atoms with Crippen molar-refractivity contribution < 1.29 is 9.47 Å². The molecule has 0 unspecified atom stereocenters. The summed E-state index contributed by atoms with van der Waals surface area (Å²) in [6.45, 7) is 0. The predicted octanol–water partition coefficient (Wildman–Crippen LogP) is 1.74. The number of rotatable bonds is 3. The van der Waals surface area contributed by atoms with Gasteiger partial charge in [-0.05, 0) is 18.2 Å². The van der Waals surface area contributed by atoms with E-state index in [1.165, 1.54) is 6.33 Å². The molecule has 2 rings (SSSR count). The van der Waals surface area contributed by atoms with Crippen LogP contribution >= 0.6 is 0 Å². The number of methoxy groups -OCH3 is 2. The van der Waals surface area contributed by atoms with Gasteiger partial charge in [0.15, 0.2) is 11.5 Å². The van der Waals surface area contributed by atoms with Gasteiger partial charge in [0, 0.05) is 11.6 Å². The largest absolute Gasteiger partial charge is 0.493 e. The zero-order chi connectivity index (χ0) is 12.3. The summed E-state index contributed by atoms with van der Waals surface area (Å²) in [7, 11) is 3.19. The third-order valence-corrected chi connectivity index (χ3v) is 2.37. The highest BCUT2D eigenvalue weighted by molar-refractivity contribution is 5.65. The van der Waals surface area contributed by atoms with Crippen molar-refractivity contribution >= 4 is 5.82 Å². The first-order valence-corrected chi connectivity index (χ1v) is 5.04. The average molecular weight is 231 g/mol. The third kappa shape index (κ3) is 2.28. The van der Waals surface area contributed by atoms with Gasteiger partial charge >= 0.3 is 0 Å². The van der Waals surface area contributed by atoms with Gasteiger partial charge in [-0.25, -0.2) is 9.97 Å². The van der Waals surface area contributed by atoms with E-state index < -0.39 is 0 Å².